The quantitative estimate of drug-likeness (QED) is 0.537. The van der Waals surface area contributed by atoms with E-state index in [9.17, 15) is 9.18 Å². The molecule has 4 nitrogen and oxygen atoms in total. The summed E-state index contributed by atoms with van der Waals surface area (Å²) in [5.74, 6) is -0.495. The molecule has 0 saturated carbocycles. The van der Waals surface area contributed by atoms with Gasteiger partial charge in [-0.3, -0.25) is 4.79 Å². The van der Waals surface area contributed by atoms with Crippen LogP contribution in [0, 0.1) is 5.82 Å². The van der Waals surface area contributed by atoms with Gasteiger partial charge in [-0.05, 0) is 35.4 Å². The van der Waals surface area contributed by atoms with E-state index in [1.54, 1.807) is 6.07 Å². The second-order valence-corrected chi connectivity index (χ2v) is 5.53. The van der Waals surface area contributed by atoms with Crippen LogP contribution in [0.3, 0.4) is 0 Å². The van der Waals surface area contributed by atoms with Crippen LogP contribution in [-0.2, 0) is 6.61 Å². The molecule has 3 aromatic rings. The van der Waals surface area contributed by atoms with Crippen molar-refractivity contribution in [2.75, 3.05) is 0 Å². The van der Waals surface area contributed by atoms with E-state index in [0.717, 1.165) is 11.1 Å². The maximum absolute atomic E-state index is 13.5. The minimum absolute atomic E-state index is 0.0513. The zero-order chi connectivity index (χ0) is 18.2. The van der Waals surface area contributed by atoms with E-state index in [1.165, 1.54) is 24.4 Å². The normalized spacial score (nSPS) is 10.7. The Morgan fingerprint density at radius 1 is 1.00 bits per heavy atom. The van der Waals surface area contributed by atoms with Crippen LogP contribution < -0.4 is 10.2 Å². The van der Waals surface area contributed by atoms with Crippen molar-refractivity contribution in [1.29, 1.82) is 0 Å². The zero-order valence-corrected chi connectivity index (χ0v) is 13.9. The number of nitrogens with zero attached hydrogens (tertiary/aromatic N) is 1. The minimum atomic E-state index is -0.601. The van der Waals surface area contributed by atoms with E-state index in [0.29, 0.717) is 12.4 Å². The molecule has 0 unspecified atom stereocenters. The van der Waals surface area contributed by atoms with E-state index in [4.69, 9.17) is 4.74 Å². The highest BCUT2D eigenvalue weighted by Gasteiger charge is 2.09. The van der Waals surface area contributed by atoms with Crippen LogP contribution in [-0.4, -0.2) is 12.1 Å². The van der Waals surface area contributed by atoms with Crippen molar-refractivity contribution in [3.8, 4) is 5.75 Å². The average Bonchev–Trinajstić information content (AvgIpc) is 2.68. The van der Waals surface area contributed by atoms with Crippen LogP contribution >= 0.6 is 0 Å². The number of benzene rings is 3. The molecule has 3 aromatic carbocycles. The van der Waals surface area contributed by atoms with Crippen LogP contribution in [0.4, 0.5) is 4.39 Å². The number of hydrogen-bond acceptors (Lipinski definition) is 3. The van der Waals surface area contributed by atoms with Gasteiger partial charge in [0, 0.05) is 0 Å². The summed E-state index contributed by atoms with van der Waals surface area (Å²) in [5.41, 5.74) is 4.09. The topological polar surface area (TPSA) is 50.7 Å². The zero-order valence-electron chi connectivity index (χ0n) is 13.9. The largest absolute Gasteiger partial charge is 0.489 e. The first-order valence-electron chi connectivity index (χ1n) is 8.07. The molecule has 0 aliphatic carbocycles. The van der Waals surface area contributed by atoms with Crippen LogP contribution in [0.25, 0.3) is 0 Å². The number of hydrazone groups is 1. The third kappa shape index (κ3) is 4.77. The third-order valence-corrected chi connectivity index (χ3v) is 3.60. The molecule has 130 valence electrons. The number of halogens is 1. The molecule has 0 radical (unpaired) electrons. The highest BCUT2D eigenvalue weighted by atomic mass is 19.1. The summed E-state index contributed by atoms with van der Waals surface area (Å²) in [6, 6.07) is 22.9. The smallest absolute Gasteiger partial charge is 0.274 e. The van der Waals surface area contributed by atoms with Gasteiger partial charge in [-0.2, -0.15) is 5.10 Å². The Labute approximate surface area is 150 Å². The molecule has 0 fully saturated rings. The summed E-state index contributed by atoms with van der Waals surface area (Å²) in [6.07, 6.45) is 1.48. The predicted molar refractivity (Wildman–Crippen MR) is 98.7 cm³/mol. The SMILES string of the molecule is O=C(N/N=C\c1cccc(OCc2ccccc2)c1)c1ccccc1F. The van der Waals surface area contributed by atoms with Crippen molar-refractivity contribution in [3.05, 3.63) is 101 Å². The number of nitrogens with one attached hydrogen (secondary N) is 1. The van der Waals surface area contributed by atoms with Crippen molar-refractivity contribution in [1.82, 2.24) is 5.43 Å². The molecule has 26 heavy (non-hydrogen) atoms. The number of rotatable bonds is 6. The van der Waals surface area contributed by atoms with E-state index in [-0.39, 0.29) is 5.56 Å². The van der Waals surface area contributed by atoms with E-state index < -0.39 is 11.7 Å². The molecule has 0 bridgehead atoms. The Bertz CT molecular complexity index is 911. The molecule has 0 aliphatic heterocycles. The fourth-order valence-electron chi connectivity index (χ4n) is 2.30. The predicted octanol–water partition coefficient (Wildman–Crippen LogP) is 4.17. The molecule has 0 heterocycles. The van der Waals surface area contributed by atoms with E-state index in [2.05, 4.69) is 10.5 Å². The number of carbonyl (C=O) groups is 1. The Kier molecular flexibility index (Phi) is 5.72. The molecule has 0 spiro atoms. The van der Waals surface area contributed by atoms with Gasteiger partial charge in [-0.15, -0.1) is 0 Å². The maximum atomic E-state index is 13.5. The van der Waals surface area contributed by atoms with Gasteiger partial charge in [-0.25, -0.2) is 9.82 Å². The molecule has 5 heteroatoms. The lowest BCUT2D eigenvalue weighted by Crippen LogP contribution is -2.18. The van der Waals surface area contributed by atoms with Crippen molar-refractivity contribution in [3.63, 3.8) is 0 Å². The first-order chi connectivity index (χ1) is 12.7. The van der Waals surface area contributed by atoms with Gasteiger partial charge in [-0.1, -0.05) is 54.6 Å². The molecule has 1 amide bonds. The standard InChI is InChI=1S/C21H17FN2O2/c22-20-12-5-4-11-19(20)21(25)24-23-14-17-9-6-10-18(13-17)26-15-16-7-2-1-3-8-16/h1-14H,15H2,(H,24,25)/b23-14-. The van der Waals surface area contributed by atoms with Crippen LogP contribution in [0.5, 0.6) is 5.75 Å². The monoisotopic (exact) mass is 348 g/mol. The third-order valence-electron chi connectivity index (χ3n) is 3.60. The minimum Gasteiger partial charge on any atom is -0.489 e. The molecule has 0 aromatic heterocycles. The highest BCUT2D eigenvalue weighted by Crippen LogP contribution is 2.14. The van der Waals surface area contributed by atoms with Gasteiger partial charge in [0.15, 0.2) is 0 Å². The fraction of sp³-hybridized carbons (Fsp3) is 0.0476. The van der Waals surface area contributed by atoms with Crippen LogP contribution in [0.2, 0.25) is 0 Å². The Balaban J connectivity index is 1.59. The van der Waals surface area contributed by atoms with Crippen molar-refractivity contribution in [2.24, 2.45) is 5.10 Å². The summed E-state index contributed by atoms with van der Waals surface area (Å²) in [5, 5.41) is 3.87. The van der Waals surface area contributed by atoms with Gasteiger partial charge in [0.05, 0.1) is 11.8 Å². The molecule has 0 atom stereocenters. The summed E-state index contributed by atoms with van der Waals surface area (Å²) in [7, 11) is 0. The number of amides is 1. The Morgan fingerprint density at radius 3 is 2.58 bits per heavy atom. The first-order valence-corrected chi connectivity index (χ1v) is 8.07. The van der Waals surface area contributed by atoms with Crippen LogP contribution in [0.15, 0.2) is 84.0 Å². The van der Waals surface area contributed by atoms with Gasteiger partial charge in [0.2, 0.25) is 0 Å². The molecular weight excluding hydrogens is 331 g/mol. The molecule has 3 rings (SSSR count). The average molecular weight is 348 g/mol. The molecular formula is C21H17FN2O2. The summed E-state index contributed by atoms with van der Waals surface area (Å²) in [6.45, 7) is 0.464. The molecule has 0 saturated heterocycles. The second-order valence-electron chi connectivity index (χ2n) is 5.53. The Hall–Kier alpha value is -3.47. The van der Waals surface area contributed by atoms with E-state index in [1.807, 2.05) is 54.6 Å². The summed E-state index contributed by atoms with van der Waals surface area (Å²) >= 11 is 0. The Morgan fingerprint density at radius 2 is 1.77 bits per heavy atom. The summed E-state index contributed by atoms with van der Waals surface area (Å²) in [4.78, 5) is 11.9. The second kappa shape index (κ2) is 8.58. The maximum Gasteiger partial charge on any atom is 0.274 e. The highest BCUT2D eigenvalue weighted by molar-refractivity contribution is 5.95. The molecule has 0 aliphatic rings. The lowest BCUT2D eigenvalue weighted by molar-refractivity contribution is 0.0951. The lowest BCUT2D eigenvalue weighted by Gasteiger charge is -2.06. The number of carbonyl (C=O) groups excluding carboxylic acids is 1. The lowest BCUT2D eigenvalue weighted by atomic mass is 10.2. The fourth-order valence-corrected chi connectivity index (χ4v) is 2.30. The van der Waals surface area contributed by atoms with Gasteiger partial charge in [0.25, 0.3) is 5.91 Å². The van der Waals surface area contributed by atoms with Crippen LogP contribution in [0.1, 0.15) is 21.5 Å². The van der Waals surface area contributed by atoms with E-state index >= 15 is 0 Å². The summed E-state index contributed by atoms with van der Waals surface area (Å²) < 4.78 is 19.3. The number of ether oxygens (including phenoxy) is 1. The first kappa shape index (κ1) is 17.4. The van der Waals surface area contributed by atoms with Gasteiger partial charge < -0.3 is 4.74 Å². The molecule has 1 N–H and O–H groups in total. The van der Waals surface area contributed by atoms with Crippen molar-refractivity contribution >= 4 is 12.1 Å². The van der Waals surface area contributed by atoms with Crippen molar-refractivity contribution in [2.45, 2.75) is 6.61 Å². The van der Waals surface area contributed by atoms with Crippen molar-refractivity contribution < 1.29 is 13.9 Å². The van der Waals surface area contributed by atoms with Gasteiger partial charge >= 0.3 is 0 Å². The van der Waals surface area contributed by atoms with Gasteiger partial charge in [0.1, 0.15) is 18.2 Å². The number of hydrogen-bond donors (Lipinski definition) is 1.